The van der Waals surface area contributed by atoms with Crippen molar-refractivity contribution in [3.8, 4) is 0 Å². The van der Waals surface area contributed by atoms with E-state index in [1.165, 1.54) is 19.3 Å². The molecule has 1 saturated heterocycles. The van der Waals surface area contributed by atoms with Gasteiger partial charge in [0.15, 0.2) is 0 Å². The molecule has 0 radical (unpaired) electrons. The average Bonchev–Trinajstić information content (AvgIpc) is 3.43. The first kappa shape index (κ1) is 21.8. The van der Waals surface area contributed by atoms with Crippen LogP contribution in [0.15, 0.2) is 5.38 Å². The summed E-state index contributed by atoms with van der Waals surface area (Å²) in [6.07, 6.45) is 10.1. The Balaban J connectivity index is 1.35. The second kappa shape index (κ2) is 8.95. The molecule has 7 heteroatoms. The van der Waals surface area contributed by atoms with E-state index in [2.05, 4.69) is 4.90 Å². The molecule has 4 rings (SSSR count). The van der Waals surface area contributed by atoms with Crippen molar-refractivity contribution >= 4 is 23.2 Å². The van der Waals surface area contributed by atoms with Gasteiger partial charge in [-0.05, 0) is 59.3 Å². The number of carbonyl (C=O) groups excluding carboxylic acids is 2. The summed E-state index contributed by atoms with van der Waals surface area (Å²) in [6.45, 7) is 7.04. The van der Waals surface area contributed by atoms with Crippen molar-refractivity contribution in [3.05, 3.63) is 16.1 Å². The summed E-state index contributed by atoms with van der Waals surface area (Å²) in [7, 11) is 0. The summed E-state index contributed by atoms with van der Waals surface area (Å²) >= 11 is 1.62. The minimum Gasteiger partial charge on any atom is -0.367 e. The lowest BCUT2D eigenvalue weighted by Crippen LogP contribution is -2.43. The lowest BCUT2D eigenvalue weighted by atomic mass is 9.94. The molecule has 2 heterocycles. The van der Waals surface area contributed by atoms with Gasteiger partial charge in [0.05, 0.1) is 10.4 Å². The third kappa shape index (κ3) is 5.05. The molecule has 1 aliphatic heterocycles. The van der Waals surface area contributed by atoms with Crippen molar-refractivity contribution in [2.24, 2.45) is 5.41 Å². The fraction of sp³-hybridized carbons (Fsp3) is 0.783. The predicted octanol–water partition coefficient (Wildman–Crippen LogP) is 4.76. The van der Waals surface area contributed by atoms with Crippen molar-refractivity contribution in [2.75, 3.05) is 13.1 Å². The maximum absolute atomic E-state index is 13.3. The van der Waals surface area contributed by atoms with Gasteiger partial charge in [0.2, 0.25) is 0 Å². The molecule has 1 amide bonds. The summed E-state index contributed by atoms with van der Waals surface area (Å²) in [5.74, 6) is 0.291. The van der Waals surface area contributed by atoms with E-state index in [1.54, 1.807) is 16.4 Å². The number of hydrogen-bond donors (Lipinski definition) is 0. The third-order valence-corrected chi connectivity index (χ3v) is 7.52. The molecule has 0 atom stereocenters. The summed E-state index contributed by atoms with van der Waals surface area (Å²) in [5, 5.41) is 4.79. The number of piperidine rings is 1. The van der Waals surface area contributed by atoms with E-state index in [9.17, 15) is 9.59 Å². The smallest absolute Gasteiger partial charge is 0.330 e. The monoisotopic (exact) mass is 433 g/mol. The highest BCUT2D eigenvalue weighted by molar-refractivity contribution is 7.09. The van der Waals surface area contributed by atoms with Crippen LogP contribution < -0.4 is 0 Å². The Bertz CT molecular complexity index is 754. The number of aromatic nitrogens is 1. The van der Waals surface area contributed by atoms with Crippen LogP contribution in [-0.2, 0) is 9.63 Å². The Labute approximate surface area is 183 Å². The number of carbonyl (C=O) groups is 2. The largest absolute Gasteiger partial charge is 0.367 e. The van der Waals surface area contributed by atoms with Crippen LogP contribution in [-0.4, -0.2) is 52.0 Å². The maximum atomic E-state index is 13.3. The minimum absolute atomic E-state index is 0.142. The summed E-state index contributed by atoms with van der Waals surface area (Å²) in [4.78, 5) is 37.9. The van der Waals surface area contributed by atoms with Gasteiger partial charge in [0, 0.05) is 36.5 Å². The summed E-state index contributed by atoms with van der Waals surface area (Å²) in [6, 6.07) is 0.844. The lowest BCUT2D eigenvalue weighted by Gasteiger charge is -2.34. The third-order valence-electron chi connectivity index (χ3n) is 6.51. The van der Waals surface area contributed by atoms with Gasteiger partial charge in [-0.15, -0.1) is 16.4 Å². The molecule has 2 saturated carbocycles. The summed E-state index contributed by atoms with van der Waals surface area (Å²) < 4.78 is 0. The van der Waals surface area contributed by atoms with Crippen molar-refractivity contribution in [2.45, 2.75) is 96.6 Å². The van der Waals surface area contributed by atoms with Gasteiger partial charge in [-0.3, -0.25) is 4.79 Å². The van der Waals surface area contributed by atoms with Gasteiger partial charge in [0.1, 0.15) is 5.69 Å². The van der Waals surface area contributed by atoms with Crippen LogP contribution in [0.1, 0.15) is 100.0 Å². The number of hydrogen-bond acceptors (Lipinski definition) is 6. The van der Waals surface area contributed by atoms with E-state index < -0.39 is 5.41 Å². The summed E-state index contributed by atoms with van der Waals surface area (Å²) in [5.41, 5.74) is 0.141. The zero-order valence-corrected chi connectivity index (χ0v) is 19.4. The zero-order chi connectivity index (χ0) is 21.3. The maximum Gasteiger partial charge on any atom is 0.330 e. The fourth-order valence-corrected chi connectivity index (χ4v) is 5.46. The van der Waals surface area contributed by atoms with Crippen molar-refractivity contribution in [1.29, 1.82) is 0 Å². The first-order chi connectivity index (χ1) is 14.3. The molecular formula is C23H35N3O3S. The first-order valence-corrected chi connectivity index (χ1v) is 12.5. The highest BCUT2D eigenvalue weighted by atomic mass is 32.1. The number of thiazole rings is 1. The number of nitrogens with zero attached hydrogens (tertiary/aromatic N) is 3. The van der Waals surface area contributed by atoms with Crippen LogP contribution >= 0.6 is 11.3 Å². The van der Waals surface area contributed by atoms with Crippen LogP contribution in [0.25, 0.3) is 0 Å². The molecular weight excluding hydrogens is 398 g/mol. The molecule has 0 N–H and O–H groups in total. The molecule has 0 aromatic carbocycles. The van der Waals surface area contributed by atoms with Gasteiger partial charge in [-0.1, -0.05) is 19.3 Å². The standard InChI is InChI=1S/C23H35N3O3S/c1-23(2,3)22(28)29-25-13-11-16(12-14-25)20-24-19(15-30-20)21(27)26(18-9-10-18)17-7-5-4-6-8-17/h15-18H,4-14H2,1-3H3. The van der Waals surface area contributed by atoms with Gasteiger partial charge >= 0.3 is 5.97 Å². The molecule has 0 spiro atoms. The van der Waals surface area contributed by atoms with E-state index in [1.807, 2.05) is 26.2 Å². The van der Waals surface area contributed by atoms with Crippen LogP contribution in [0.4, 0.5) is 0 Å². The SMILES string of the molecule is CC(C)(C)C(=O)ON1CCC(c2nc(C(=O)N(C3CCCCC3)C3CC3)cs2)CC1. The Hall–Kier alpha value is -1.47. The van der Waals surface area contributed by atoms with E-state index >= 15 is 0 Å². The van der Waals surface area contributed by atoms with Crippen LogP contribution in [0.5, 0.6) is 0 Å². The van der Waals surface area contributed by atoms with Gasteiger partial charge < -0.3 is 9.74 Å². The van der Waals surface area contributed by atoms with E-state index in [-0.39, 0.29) is 11.9 Å². The topological polar surface area (TPSA) is 62.7 Å². The molecule has 3 aliphatic rings. The zero-order valence-electron chi connectivity index (χ0n) is 18.6. The molecule has 0 bridgehead atoms. The van der Waals surface area contributed by atoms with Crippen LogP contribution in [0, 0.1) is 5.41 Å². The molecule has 166 valence electrons. The number of amides is 1. The average molecular weight is 434 g/mol. The predicted molar refractivity (Wildman–Crippen MR) is 117 cm³/mol. The second-order valence-corrected chi connectivity index (χ2v) is 11.0. The molecule has 2 aliphatic carbocycles. The first-order valence-electron chi connectivity index (χ1n) is 11.6. The van der Waals surface area contributed by atoms with E-state index in [4.69, 9.17) is 9.82 Å². The Morgan fingerprint density at radius 2 is 1.67 bits per heavy atom. The van der Waals surface area contributed by atoms with Crippen molar-refractivity contribution in [3.63, 3.8) is 0 Å². The van der Waals surface area contributed by atoms with E-state index in [0.717, 1.165) is 43.5 Å². The number of rotatable bonds is 5. The molecule has 6 nitrogen and oxygen atoms in total. The molecule has 1 aromatic rings. The Kier molecular flexibility index (Phi) is 6.49. The normalized spacial score (nSPS) is 22.1. The molecule has 1 aromatic heterocycles. The van der Waals surface area contributed by atoms with Crippen LogP contribution in [0.3, 0.4) is 0 Å². The van der Waals surface area contributed by atoms with Gasteiger partial charge in [-0.2, -0.15) is 0 Å². The van der Waals surface area contributed by atoms with Gasteiger partial charge in [0.25, 0.3) is 5.91 Å². The van der Waals surface area contributed by atoms with Crippen LogP contribution in [0.2, 0.25) is 0 Å². The fourth-order valence-electron chi connectivity index (χ4n) is 4.50. The highest BCUT2D eigenvalue weighted by Gasteiger charge is 2.39. The quantitative estimate of drug-likeness (QED) is 0.670. The second-order valence-electron chi connectivity index (χ2n) is 10.1. The molecule has 3 fully saturated rings. The van der Waals surface area contributed by atoms with E-state index in [0.29, 0.717) is 36.8 Å². The number of hydroxylamine groups is 2. The Morgan fingerprint density at radius 3 is 2.27 bits per heavy atom. The lowest BCUT2D eigenvalue weighted by molar-refractivity contribution is -0.204. The van der Waals surface area contributed by atoms with Crippen molar-refractivity contribution < 1.29 is 14.4 Å². The minimum atomic E-state index is -0.493. The Morgan fingerprint density at radius 1 is 1.03 bits per heavy atom. The molecule has 0 unspecified atom stereocenters. The van der Waals surface area contributed by atoms with Crippen molar-refractivity contribution in [1.82, 2.24) is 14.9 Å². The molecule has 30 heavy (non-hydrogen) atoms. The van der Waals surface area contributed by atoms with Gasteiger partial charge in [-0.25, -0.2) is 9.78 Å². The highest BCUT2D eigenvalue weighted by Crippen LogP contribution is 2.36.